The predicted molar refractivity (Wildman–Crippen MR) is 111 cm³/mol. The number of sulfonamides is 1. The summed E-state index contributed by atoms with van der Waals surface area (Å²) in [5.74, 6) is -1.76. The molecule has 0 spiro atoms. The van der Waals surface area contributed by atoms with Crippen molar-refractivity contribution >= 4 is 33.7 Å². The molecule has 0 saturated carbocycles. The highest BCUT2D eigenvalue weighted by Crippen LogP contribution is 2.38. The number of benzene rings is 2. The molecule has 0 unspecified atom stereocenters. The van der Waals surface area contributed by atoms with Crippen LogP contribution in [-0.2, 0) is 14.8 Å². The standard InChI is InChI=1S/C20H21NO6S2/c1-20(2)17(19(24)25)21(11-12-28-20)29(26,27)14-9-7-13(8-10-14)15-5-3-4-6-16(15)18(22)23/h3-10,17H,11-12H2,1-2H3,(H,22,23)(H,24,25)/t17-/m0/s1. The smallest absolute Gasteiger partial charge is 0.336 e. The molecule has 1 fully saturated rings. The van der Waals surface area contributed by atoms with Gasteiger partial charge in [0.1, 0.15) is 6.04 Å². The maximum absolute atomic E-state index is 13.2. The third kappa shape index (κ3) is 4.03. The largest absolute Gasteiger partial charge is 0.480 e. The molecule has 2 N–H and O–H groups in total. The number of nitrogens with zero attached hydrogens (tertiary/aromatic N) is 1. The maximum Gasteiger partial charge on any atom is 0.336 e. The van der Waals surface area contributed by atoms with E-state index in [0.717, 1.165) is 4.31 Å². The van der Waals surface area contributed by atoms with Crippen molar-refractivity contribution in [3.05, 3.63) is 54.1 Å². The first-order valence-electron chi connectivity index (χ1n) is 8.87. The summed E-state index contributed by atoms with van der Waals surface area (Å²) in [5, 5.41) is 19.0. The molecular formula is C20H21NO6S2. The second kappa shape index (κ2) is 7.81. The SMILES string of the molecule is CC1(C)SCCN(S(=O)(=O)c2ccc(-c3ccccc3C(=O)O)cc2)[C@H]1C(=O)O. The number of aromatic carboxylic acids is 1. The molecule has 1 atom stereocenters. The summed E-state index contributed by atoms with van der Waals surface area (Å²) in [4.78, 5) is 23.2. The van der Waals surface area contributed by atoms with E-state index in [1.807, 2.05) is 0 Å². The van der Waals surface area contributed by atoms with Crippen LogP contribution in [0.4, 0.5) is 0 Å². The third-order valence-electron chi connectivity index (χ3n) is 4.90. The maximum atomic E-state index is 13.2. The molecule has 0 aromatic heterocycles. The van der Waals surface area contributed by atoms with Crippen LogP contribution in [0.2, 0.25) is 0 Å². The lowest BCUT2D eigenvalue weighted by molar-refractivity contribution is -0.142. The first kappa shape index (κ1) is 21.4. The summed E-state index contributed by atoms with van der Waals surface area (Å²) in [6.07, 6.45) is 0. The number of carboxylic acid groups (broad SMARTS) is 2. The Morgan fingerprint density at radius 2 is 1.69 bits per heavy atom. The van der Waals surface area contributed by atoms with Gasteiger partial charge in [-0.25, -0.2) is 13.2 Å². The van der Waals surface area contributed by atoms with E-state index in [-0.39, 0.29) is 17.0 Å². The van der Waals surface area contributed by atoms with E-state index in [0.29, 0.717) is 16.9 Å². The Kier molecular flexibility index (Phi) is 5.75. The van der Waals surface area contributed by atoms with Crippen LogP contribution in [0.15, 0.2) is 53.4 Å². The Hall–Kier alpha value is -2.36. The average molecular weight is 436 g/mol. The van der Waals surface area contributed by atoms with Gasteiger partial charge in [-0.05, 0) is 43.2 Å². The van der Waals surface area contributed by atoms with Crippen molar-refractivity contribution in [3.63, 3.8) is 0 Å². The van der Waals surface area contributed by atoms with E-state index < -0.39 is 32.8 Å². The number of carboxylic acids is 2. The molecule has 29 heavy (non-hydrogen) atoms. The van der Waals surface area contributed by atoms with Crippen molar-refractivity contribution in [2.45, 2.75) is 29.5 Å². The van der Waals surface area contributed by atoms with Gasteiger partial charge in [-0.2, -0.15) is 16.1 Å². The van der Waals surface area contributed by atoms with E-state index in [1.165, 1.54) is 42.1 Å². The molecule has 1 heterocycles. The summed E-state index contributed by atoms with van der Waals surface area (Å²) < 4.78 is 26.6. The quantitative estimate of drug-likeness (QED) is 0.742. The highest BCUT2D eigenvalue weighted by Gasteiger charge is 2.48. The van der Waals surface area contributed by atoms with Crippen molar-refractivity contribution in [1.29, 1.82) is 0 Å². The summed E-state index contributed by atoms with van der Waals surface area (Å²) in [5.41, 5.74) is 1.15. The van der Waals surface area contributed by atoms with E-state index in [4.69, 9.17) is 0 Å². The van der Waals surface area contributed by atoms with Gasteiger partial charge in [0.25, 0.3) is 0 Å². The second-order valence-electron chi connectivity index (χ2n) is 7.18. The first-order valence-corrected chi connectivity index (χ1v) is 11.3. The fraction of sp³-hybridized carbons (Fsp3) is 0.300. The van der Waals surface area contributed by atoms with Gasteiger partial charge < -0.3 is 10.2 Å². The van der Waals surface area contributed by atoms with Crippen molar-refractivity contribution in [2.24, 2.45) is 0 Å². The molecule has 0 bridgehead atoms. The molecule has 1 aliphatic rings. The lowest BCUT2D eigenvalue weighted by Crippen LogP contribution is -2.58. The molecule has 0 amide bonds. The number of hydrogen-bond donors (Lipinski definition) is 2. The molecule has 2 aromatic carbocycles. The van der Waals surface area contributed by atoms with Crippen LogP contribution in [-0.4, -0.2) is 58.0 Å². The normalized spacial score (nSPS) is 19.6. The highest BCUT2D eigenvalue weighted by molar-refractivity contribution is 8.00. The number of hydrogen-bond acceptors (Lipinski definition) is 5. The molecular weight excluding hydrogens is 414 g/mol. The van der Waals surface area contributed by atoms with E-state index in [1.54, 1.807) is 32.0 Å². The number of rotatable bonds is 5. The minimum atomic E-state index is -4.03. The minimum Gasteiger partial charge on any atom is -0.480 e. The summed E-state index contributed by atoms with van der Waals surface area (Å²) in [6, 6.07) is 11.1. The second-order valence-corrected chi connectivity index (χ2v) is 10.8. The van der Waals surface area contributed by atoms with E-state index >= 15 is 0 Å². The van der Waals surface area contributed by atoms with Crippen molar-refractivity contribution in [2.75, 3.05) is 12.3 Å². The zero-order valence-electron chi connectivity index (χ0n) is 15.9. The molecule has 3 rings (SSSR count). The average Bonchev–Trinajstić information content (AvgIpc) is 2.66. The van der Waals surface area contributed by atoms with Crippen molar-refractivity contribution in [1.82, 2.24) is 4.31 Å². The van der Waals surface area contributed by atoms with Gasteiger partial charge in [-0.3, -0.25) is 4.79 Å². The lowest BCUT2D eigenvalue weighted by Gasteiger charge is -2.42. The van der Waals surface area contributed by atoms with Gasteiger partial charge in [-0.1, -0.05) is 30.3 Å². The molecule has 0 radical (unpaired) electrons. The Bertz CT molecular complexity index is 1050. The number of carbonyl (C=O) groups is 2. The van der Waals surface area contributed by atoms with Gasteiger partial charge >= 0.3 is 11.9 Å². The number of aliphatic carboxylic acids is 1. The third-order valence-corrected chi connectivity index (χ3v) is 8.13. The van der Waals surface area contributed by atoms with Gasteiger partial charge in [0.2, 0.25) is 10.0 Å². The van der Waals surface area contributed by atoms with Crippen LogP contribution in [0, 0.1) is 0 Å². The van der Waals surface area contributed by atoms with Crippen molar-refractivity contribution < 1.29 is 28.2 Å². The monoisotopic (exact) mass is 435 g/mol. The molecule has 154 valence electrons. The zero-order valence-corrected chi connectivity index (χ0v) is 17.5. The minimum absolute atomic E-state index is 0.0250. The van der Waals surface area contributed by atoms with Gasteiger partial charge in [0.05, 0.1) is 10.5 Å². The molecule has 2 aromatic rings. The zero-order chi connectivity index (χ0) is 21.4. The fourth-order valence-electron chi connectivity index (χ4n) is 3.50. The van der Waals surface area contributed by atoms with Crippen LogP contribution >= 0.6 is 11.8 Å². The number of thioether (sulfide) groups is 1. The molecule has 9 heteroatoms. The summed E-state index contributed by atoms with van der Waals surface area (Å²) in [6.45, 7) is 3.56. The van der Waals surface area contributed by atoms with Gasteiger partial charge in [0.15, 0.2) is 0 Å². The predicted octanol–water partition coefficient (Wildman–Crippen LogP) is 3.02. The highest BCUT2D eigenvalue weighted by atomic mass is 32.2. The van der Waals surface area contributed by atoms with E-state index in [2.05, 4.69) is 0 Å². The lowest BCUT2D eigenvalue weighted by atomic mass is 10.00. The van der Waals surface area contributed by atoms with Gasteiger partial charge in [0, 0.05) is 17.0 Å². The van der Waals surface area contributed by atoms with Crippen LogP contribution in [0.1, 0.15) is 24.2 Å². The van der Waals surface area contributed by atoms with Crippen LogP contribution in [0.5, 0.6) is 0 Å². The molecule has 7 nitrogen and oxygen atoms in total. The van der Waals surface area contributed by atoms with E-state index in [9.17, 15) is 28.2 Å². The first-order chi connectivity index (χ1) is 13.6. The Morgan fingerprint density at radius 1 is 1.07 bits per heavy atom. The van der Waals surface area contributed by atoms with Crippen molar-refractivity contribution in [3.8, 4) is 11.1 Å². The molecule has 0 aliphatic carbocycles. The van der Waals surface area contributed by atoms with Crippen LogP contribution in [0.25, 0.3) is 11.1 Å². The van der Waals surface area contributed by atoms with Crippen LogP contribution in [0.3, 0.4) is 0 Å². The molecule has 1 saturated heterocycles. The Labute approximate surface area is 173 Å². The summed E-state index contributed by atoms with van der Waals surface area (Å²) in [7, 11) is -4.03. The Balaban J connectivity index is 1.99. The Morgan fingerprint density at radius 3 is 2.28 bits per heavy atom. The van der Waals surface area contributed by atoms with Gasteiger partial charge in [-0.15, -0.1) is 0 Å². The summed E-state index contributed by atoms with van der Waals surface area (Å²) >= 11 is 1.43. The fourth-order valence-corrected chi connectivity index (χ4v) is 6.59. The molecule has 1 aliphatic heterocycles. The topological polar surface area (TPSA) is 112 Å². The van der Waals surface area contributed by atoms with Crippen LogP contribution < -0.4 is 0 Å².